The smallest absolute Gasteiger partial charge is 0.125 e. The lowest BCUT2D eigenvalue weighted by molar-refractivity contribution is 0.0596. The van der Waals surface area contributed by atoms with E-state index in [1.165, 1.54) is 0 Å². The minimum atomic E-state index is -0.519. The van der Waals surface area contributed by atoms with Crippen LogP contribution in [0.1, 0.15) is 30.5 Å². The van der Waals surface area contributed by atoms with Crippen molar-refractivity contribution >= 4 is 0 Å². The van der Waals surface area contributed by atoms with Gasteiger partial charge in [0.1, 0.15) is 11.9 Å². The molecule has 0 spiro atoms. The second-order valence-electron chi connectivity index (χ2n) is 4.11. The number of benzene rings is 1. The summed E-state index contributed by atoms with van der Waals surface area (Å²) < 4.78 is 5.68. The summed E-state index contributed by atoms with van der Waals surface area (Å²) in [5, 5.41) is 18.2. The van der Waals surface area contributed by atoms with E-state index in [9.17, 15) is 5.11 Å². The zero-order chi connectivity index (χ0) is 12.3. The minimum absolute atomic E-state index is 0.259. The van der Waals surface area contributed by atoms with Gasteiger partial charge < -0.3 is 9.84 Å². The molecule has 0 saturated carbocycles. The summed E-state index contributed by atoms with van der Waals surface area (Å²) >= 11 is 0. The molecule has 0 amide bonds. The number of hydrogen-bond donors (Lipinski definition) is 1. The van der Waals surface area contributed by atoms with E-state index in [1.54, 1.807) is 19.1 Å². The van der Waals surface area contributed by atoms with Crippen LogP contribution in [-0.4, -0.2) is 17.3 Å². The molecular weight excluding hydrogens is 202 g/mol. The highest BCUT2D eigenvalue weighted by Crippen LogP contribution is 2.26. The van der Waals surface area contributed by atoms with Crippen LogP contribution >= 0.6 is 0 Å². The summed E-state index contributed by atoms with van der Waals surface area (Å²) in [5.74, 6) is 0.757. The quantitative estimate of drug-likeness (QED) is 0.848. The van der Waals surface area contributed by atoms with Crippen LogP contribution in [0.3, 0.4) is 0 Å². The number of aliphatic hydroxyl groups excluding tert-OH is 1. The largest absolute Gasteiger partial charge is 0.487 e. The Morgan fingerprint density at radius 1 is 1.25 bits per heavy atom. The highest BCUT2D eigenvalue weighted by Gasteiger charge is 2.14. The van der Waals surface area contributed by atoms with Gasteiger partial charge in [-0.15, -0.1) is 0 Å². The van der Waals surface area contributed by atoms with Crippen molar-refractivity contribution in [1.82, 2.24) is 0 Å². The van der Waals surface area contributed by atoms with Crippen LogP contribution in [0.5, 0.6) is 5.75 Å². The molecule has 3 heteroatoms. The number of ether oxygens (including phenoxy) is 1. The molecule has 0 heterocycles. The van der Waals surface area contributed by atoms with E-state index in [1.807, 2.05) is 20.8 Å². The maximum absolute atomic E-state index is 9.39. The van der Waals surface area contributed by atoms with Crippen LogP contribution < -0.4 is 4.74 Å². The summed E-state index contributed by atoms with van der Waals surface area (Å²) in [6, 6.07) is 5.68. The van der Waals surface area contributed by atoms with E-state index >= 15 is 0 Å². The molecule has 16 heavy (non-hydrogen) atoms. The van der Waals surface area contributed by atoms with Gasteiger partial charge in [0.05, 0.1) is 17.7 Å². The Labute approximate surface area is 96.3 Å². The summed E-state index contributed by atoms with van der Waals surface area (Å²) in [7, 11) is 0. The predicted octanol–water partition coefficient (Wildman–Crippen LogP) is 2.32. The summed E-state index contributed by atoms with van der Waals surface area (Å²) in [5.41, 5.74) is 2.47. The molecule has 86 valence electrons. The Morgan fingerprint density at radius 3 is 2.12 bits per heavy atom. The van der Waals surface area contributed by atoms with Crippen molar-refractivity contribution in [3.05, 3.63) is 28.8 Å². The molecule has 0 aliphatic rings. The highest BCUT2D eigenvalue weighted by atomic mass is 16.5. The van der Waals surface area contributed by atoms with Crippen molar-refractivity contribution in [3.8, 4) is 11.8 Å². The highest BCUT2D eigenvalue weighted by molar-refractivity contribution is 5.47. The van der Waals surface area contributed by atoms with E-state index in [2.05, 4.69) is 6.07 Å². The van der Waals surface area contributed by atoms with Crippen LogP contribution in [0, 0.1) is 25.2 Å². The van der Waals surface area contributed by atoms with E-state index in [4.69, 9.17) is 10.00 Å². The average molecular weight is 219 g/mol. The van der Waals surface area contributed by atoms with Crippen molar-refractivity contribution in [1.29, 1.82) is 5.26 Å². The second-order valence-corrected chi connectivity index (χ2v) is 4.11. The maximum Gasteiger partial charge on any atom is 0.125 e. The van der Waals surface area contributed by atoms with Crippen molar-refractivity contribution in [2.45, 2.75) is 39.9 Å². The third-order valence-electron chi connectivity index (χ3n) is 2.57. The number of nitrogens with zero attached hydrogens (tertiary/aromatic N) is 1. The van der Waals surface area contributed by atoms with Crippen LogP contribution in [0.15, 0.2) is 12.1 Å². The zero-order valence-corrected chi connectivity index (χ0v) is 10.1. The van der Waals surface area contributed by atoms with Gasteiger partial charge in [-0.2, -0.15) is 5.26 Å². The molecule has 0 saturated heterocycles. The molecule has 2 atom stereocenters. The van der Waals surface area contributed by atoms with Crippen LogP contribution in [0.25, 0.3) is 0 Å². The summed E-state index contributed by atoms with van der Waals surface area (Å²) in [6.45, 7) is 7.32. The normalized spacial score (nSPS) is 14.0. The lowest BCUT2D eigenvalue weighted by Crippen LogP contribution is -2.26. The van der Waals surface area contributed by atoms with Gasteiger partial charge in [-0.25, -0.2) is 0 Å². The van der Waals surface area contributed by atoms with Crippen LogP contribution in [0.4, 0.5) is 0 Å². The third-order valence-corrected chi connectivity index (χ3v) is 2.57. The molecule has 0 fully saturated rings. The third kappa shape index (κ3) is 2.74. The van der Waals surface area contributed by atoms with E-state index in [-0.39, 0.29) is 6.10 Å². The second kappa shape index (κ2) is 5.00. The number of nitriles is 1. The van der Waals surface area contributed by atoms with Gasteiger partial charge in [0.2, 0.25) is 0 Å². The van der Waals surface area contributed by atoms with Gasteiger partial charge in [0.15, 0.2) is 0 Å². The Kier molecular flexibility index (Phi) is 3.92. The fourth-order valence-corrected chi connectivity index (χ4v) is 1.49. The Balaban J connectivity index is 3.02. The molecule has 0 aromatic heterocycles. The van der Waals surface area contributed by atoms with Gasteiger partial charge in [-0.05, 0) is 51.0 Å². The fraction of sp³-hybridized carbons (Fsp3) is 0.462. The average Bonchev–Trinajstić information content (AvgIpc) is 2.22. The topological polar surface area (TPSA) is 53.2 Å². The molecule has 1 rings (SSSR count). The molecule has 0 radical (unpaired) electrons. The molecule has 0 bridgehead atoms. The molecule has 0 aliphatic heterocycles. The zero-order valence-electron chi connectivity index (χ0n) is 10.1. The molecule has 1 aromatic rings. The van der Waals surface area contributed by atoms with E-state index < -0.39 is 6.10 Å². The Bertz CT molecular complexity index is 395. The van der Waals surface area contributed by atoms with Crippen molar-refractivity contribution in [3.63, 3.8) is 0 Å². The van der Waals surface area contributed by atoms with Crippen LogP contribution in [0.2, 0.25) is 0 Å². The Morgan fingerprint density at radius 2 is 1.75 bits per heavy atom. The SMILES string of the molecule is Cc1cc(C#N)cc(C)c1OC(C)C(C)O. The lowest BCUT2D eigenvalue weighted by Gasteiger charge is -2.20. The number of aryl methyl sites for hydroxylation is 2. The first-order valence-electron chi connectivity index (χ1n) is 5.31. The standard InChI is InChI=1S/C13H17NO2/c1-8-5-12(7-14)6-9(2)13(8)16-11(4)10(3)15/h5-6,10-11,15H,1-4H3. The number of aliphatic hydroxyl groups is 1. The first-order valence-corrected chi connectivity index (χ1v) is 5.31. The van der Waals surface area contributed by atoms with E-state index in [0.29, 0.717) is 5.56 Å². The van der Waals surface area contributed by atoms with E-state index in [0.717, 1.165) is 16.9 Å². The Hall–Kier alpha value is -1.53. The molecular formula is C13H17NO2. The monoisotopic (exact) mass is 219 g/mol. The lowest BCUT2D eigenvalue weighted by atomic mass is 10.1. The first kappa shape index (κ1) is 12.5. The predicted molar refractivity (Wildman–Crippen MR) is 62.4 cm³/mol. The van der Waals surface area contributed by atoms with Crippen molar-refractivity contribution < 1.29 is 9.84 Å². The minimum Gasteiger partial charge on any atom is -0.487 e. The summed E-state index contributed by atoms with van der Waals surface area (Å²) in [6.07, 6.45) is -0.778. The molecule has 2 unspecified atom stereocenters. The molecule has 1 aromatic carbocycles. The number of rotatable bonds is 3. The van der Waals surface area contributed by atoms with Gasteiger partial charge in [0.25, 0.3) is 0 Å². The van der Waals surface area contributed by atoms with Crippen molar-refractivity contribution in [2.24, 2.45) is 0 Å². The van der Waals surface area contributed by atoms with Gasteiger partial charge in [-0.3, -0.25) is 0 Å². The van der Waals surface area contributed by atoms with Gasteiger partial charge >= 0.3 is 0 Å². The number of hydrogen-bond acceptors (Lipinski definition) is 3. The van der Waals surface area contributed by atoms with Gasteiger partial charge in [-0.1, -0.05) is 0 Å². The maximum atomic E-state index is 9.39. The molecule has 3 nitrogen and oxygen atoms in total. The van der Waals surface area contributed by atoms with Crippen LogP contribution in [-0.2, 0) is 0 Å². The fourth-order valence-electron chi connectivity index (χ4n) is 1.49. The van der Waals surface area contributed by atoms with Gasteiger partial charge in [0, 0.05) is 0 Å². The molecule has 0 aliphatic carbocycles. The summed E-state index contributed by atoms with van der Waals surface area (Å²) in [4.78, 5) is 0. The molecule has 1 N–H and O–H groups in total. The van der Waals surface area contributed by atoms with Crippen molar-refractivity contribution in [2.75, 3.05) is 0 Å². The first-order chi connectivity index (χ1) is 7.45.